The molecule has 2 nitrogen and oxygen atoms in total. The van der Waals surface area contributed by atoms with Crippen LogP contribution in [-0.2, 0) is 4.74 Å². The number of nitrogens with zero attached hydrogens (tertiary/aromatic N) is 1. The molecule has 3 aromatic carbocycles. The van der Waals surface area contributed by atoms with Gasteiger partial charge in [-0.2, -0.15) is 0 Å². The van der Waals surface area contributed by atoms with Crippen LogP contribution in [-0.4, -0.2) is 7.05 Å². The highest BCUT2D eigenvalue weighted by Gasteiger charge is 2.23. The van der Waals surface area contributed by atoms with Crippen LogP contribution in [0, 0.1) is 0 Å². The average Bonchev–Trinajstić information content (AvgIpc) is 3.46. The number of para-hydroxylation sites is 1. The molecule has 43 heavy (non-hydrogen) atoms. The minimum absolute atomic E-state index is 0.878. The number of allylic oxidation sites excluding steroid dienone is 9. The first-order valence-corrected chi connectivity index (χ1v) is 15.6. The third kappa shape index (κ3) is 6.85. The van der Waals surface area contributed by atoms with Gasteiger partial charge in [0.25, 0.3) is 0 Å². The van der Waals surface area contributed by atoms with Gasteiger partial charge in [-0.3, -0.25) is 0 Å². The van der Waals surface area contributed by atoms with Crippen LogP contribution in [0.2, 0.25) is 0 Å². The van der Waals surface area contributed by atoms with Gasteiger partial charge in [0.15, 0.2) is 0 Å². The predicted molar refractivity (Wildman–Crippen MR) is 185 cm³/mol. The predicted octanol–water partition coefficient (Wildman–Crippen LogP) is 11.3. The van der Waals surface area contributed by atoms with Crippen LogP contribution in [0.25, 0.3) is 27.6 Å². The summed E-state index contributed by atoms with van der Waals surface area (Å²) >= 11 is 1.83. The molecule has 1 aliphatic carbocycles. The van der Waals surface area contributed by atoms with Crippen molar-refractivity contribution >= 4 is 23.1 Å². The molecular formula is C40H36NOS+. The van der Waals surface area contributed by atoms with E-state index >= 15 is 0 Å². The van der Waals surface area contributed by atoms with Crippen molar-refractivity contribution in [2.45, 2.75) is 26.7 Å². The molecule has 0 fully saturated rings. The van der Waals surface area contributed by atoms with Crippen LogP contribution in [0.3, 0.4) is 0 Å². The van der Waals surface area contributed by atoms with E-state index in [1.807, 2.05) is 18.3 Å². The SMILES string of the molecule is CC1=C/C(=C\C=C2/CCC(/C=C/c3cc(-c4ccccc4)cc(-c4ccccc4)[s+]3)=C2N(C)c2ccccc2)OC(C)=C1. The minimum atomic E-state index is 0.878. The summed E-state index contributed by atoms with van der Waals surface area (Å²) in [5.74, 6) is 1.80. The molecule has 2 heterocycles. The molecule has 0 atom stereocenters. The second-order valence-corrected chi connectivity index (χ2v) is 12.1. The molecule has 0 N–H and O–H groups in total. The van der Waals surface area contributed by atoms with Crippen molar-refractivity contribution in [3.8, 4) is 21.6 Å². The van der Waals surface area contributed by atoms with E-state index in [1.165, 1.54) is 54.5 Å². The molecule has 4 aromatic rings. The van der Waals surface area contributed by atoms with Gasteiger partial charge in [0.2, 0.25) is 21.1 Å². The summed E-state index contributed by atoms with van der Waals surface area (Å²) in [4.78, 5) is 4.81. The Morgan fingerprint density at radius 3 is 2.07 bits per heavy atom. The van der Waals surface area contributed by atoms with Crippen molar-refractivity contribution in [3.63, 3.8) is 0 Å². The maximum atomic E-state index is 5.98. The van der Waals surface area contributed by atoms with Gasteiger partial charge in [0.05, 0.1) is 0 Å². The van der Waals surface area contributed by atoms with Gasteiger partial charge in [-0.25, -0.2) is 0 Å². The van der Waals surface area contributed by atoms with Crippen LogP contribution in [0.5, 0.6) is 0 Å². The molecule has 212 valence electrons. The lowest BCUT2D eigenvalue weighted by molar-refractivity contribution is 0.317. The van der Waals surface area contributed by atoms with Crippen LogP contribution in [0.15, 0.2) is 167 Å². The number of hydrogen-bond donors (Lipinski definition) is 0. The van der Waals surface area contributed by atoms with E-state index in [2.05, 4.69) is 158 Å². The molecule has 0 amide bonds. The second kappa shape index (κ2) is 13.1. The fourth-order valence-electron chi connectivity index (χ4n) is 5.67. The molecule has 0 spiro atoms. The second-order valence-electron chi connectivity index (χ2n) is 11.0. The van der Waals surface area contributed by atoms with Crippen LogP contribution < -0.4 is 4.90 Å². The van der Waals surface area contributed by atoms with E-state index in [1.54, 1.807) is 0 Å². The van der Waals surface area contributed by atoms with E-state index in [9.17, 15) is 0 Å². The van der Waals surface area contributed by atoms with Gasteiger partial charge >= 0.3 is 0 Å². The summed E-state index contributed by atoms with van der Waals surface area (Å²) < 4.78 is 5.98. The minimum Gasteiger partial charge on any atom is -0.462 e. The Morgan fingerprint density at radius 1 is 0.698 bits per heavy atom. The molecule has 0 unspecified atom stereocenters. The van der Waals surface area contributed by atoms with Crippen molar-refractivity contribution in [2.75, 3.05) is 11.9 Å². The van der Waals surface area contributed by atoms with Crippen LogP contribution in [0.4, 0.5) is 5.69 Å². The molecule has 0 radical (unpaired) electrons. The van der Waals surface area contributed by atoms with E-state index in [4.69, 9.17) is 4.74 Å². The number of likely N-dealkylation sites (N-methyl/N-ethyl adjacent to an activating group) is 1. The monoisotopic (exact) mass is 578 g/mol. The maximum absolute atomic E-state index is 5.98. The maximum Gasteiger partial charge on any atom is 0.239 e. The van der Waals surface area contributed by atoms with Gasteiger partial charge in [0.1, 0.15) is 11.5 Å². The van der Waals surface area contributed by atoms with Gasteiger partial charge in [-0.1, -0.05) is 78.9 Å². The zero-order valence-corrected chi connectivity index (χ0v) is 25.8. The van der Waals surface area contributed by atoms with Crippen molar-refractivity contribution < 1.29 is 4.74 Å². The third-order valence-electron chi connectivity index (χ3n) is 7.71. The highest BCUT2D eigenvalue weighted by Crippen LogP contribution is 2.38. The standard InChI is InChI=1S/C40H36NOS/c1-29-25-30(2)42-37(26-29)23-21-33-19-20-34(40(33)41(3)36-17-11-6-12-18-36)22-24-38-27-35(31-13-7-4-8-14-31)28-39(43-38)32-15-9-5-10-16-32/h4-18,21-28H,19-20H2,1-3H3/q+1/b24-22+,33-21+,37-23+. The Hall–Kier alpha value is -4.73. The fraction of sp³-hybridized carbons (Fsp3) is 0.125. The number of rotatable bonds is 7. The smallest absolute Gasteiger partial charge is 0.239 e. The number of benzene rings is 3. The molecule has 0 saturated heterocycles. The highest BCUT2D eigenvalue weighted by atomic mass is 32.1. The lowest BCUT2D eigenvalue weighted by Crippen LogP contribution is -2.17. The van der Waals surface area contributed by atoms with Crippen molar-refractivity contribution in [2.24, 2.45) is 0 Å². The molecule has 3 heteroatoms. The molecule has 0 saturated carbocycles. The lowest BCUT2D eigenvalue weighted by atomic mass is 10.0. The van der Waals surface area contributed by atoms with Gasteiger partial charge in [-0.15, -0.1) is 0 Å². The molecule has 0 bridgehead atoms. The van der Waals surface area contributed by atoms with E-state index < -0.39 is 0 Å². The van der Waals surface area contributed by atoms with Gasteiger partial charge < -0.3 is 9.64 Å². The Bertz CT molecular complexity index is 1730. The van der Waals surface area contributed by atoms with Gasteiger partial charge in [-0.05, 0) is 97.0 Å². The number of anilines is 1. The lowest BCUT2D eigenvalue weighted by Gasteiger charge is -2.23. The molecule has 1 aromatic heterocycles. The largest absolute Gasteiger partial charge is 0.462 e. The van der Waals surface area contributed by atoms with E-state index in [-0.39, 0.29) is 0 Å². The van der Waals surface area contributed by atoms with Crippen LogP contribution in [0.1, 0.15) is 31.6 Å². The van der Waals surface area contributed by atoms with Gasteiger partial charge in [0, 0.05) is 42.2 Å². The first kappa shape index (κ1) is 28.4. The average molecular weight is 579 g/mol. The third-order valence-corrected chi connectivity index (χ3v) is 8.77. The summed E-state index contributed by atoms with van der Waals surface area (Å²) in [5, 5.41) is 0. The topological polar surface area (TPSA) is 12.5 Å². The first-order valence-electron chi connectivity index (χ1n) is 14.8. The van der Waals surface area contributed by atoms with Crippen molar-refractivity contribution in [1.29, 1.82) is 0 Å². The molecule has 6 rings (SSSR count). The van der Waals surface area contributed by atoms with E-state index in [0.717, 1.165) is 24.4 Å². The zero-order valence-electron chi connectivity index (χ0n) is 25.0. The Kier molecular flexibility index (Phi) is 8.62. The Morgan fingerprint density at radius 2 is 1.37 bits per heavy atom. The summed E-state index contributed by atoms with van der Waals surface area (Å²) in [6.07, 6.45) is 15.1. The van der Waals surface area contributed by atoms with Crippen molar-refractivity contribution in [1.82, 2.24) is 0 Å². The fourth-order valence-corrected chi connectivity index (χ4v) is 6.69. The number of ether oxygens (including phenoxy) is 1. The summed E-state index contributed by atoms with van der Waals surface area (Å²) in [6.45, 7) is 4.11. The summed E-state index contributed by atoms with van der Waals surface area (Å²) in [6, 6.07) is 36.6. The van der Waals surface area contributed by atoms with E-state index in [0.29, 0.717) is 0 Å². The van der Waals surface area contributed by atoms with Crippen LogP contribution >= 0.6 is 11.3 Å². The molecule has 2 aliphatic rings. The Labute approximate surface area is 259 Å². The Balaban J connectivity index is 1.41. The zero-order chi connectivity index (χ0) is 29.6. The highest BCUT2D eigenvalue weighted by molar-refractivity contribution is 7.16. The first-order chi connectivity index (χ1) is 21.0. The number of hydrogen-bond acceptors (Lipinski definition) is 2. The summed E-state index contributed by atoms with van der Waals surface area (Å²) in [7, 11) is 2.17. The molecular weight excluding hydrogens is 543 g/mol. The normalized spacial score (nSPS) is 16.9. The quantitative estimate of drug-likeness (QED) is 0.202. The summed E-state index contributed by atoms with van der Waals surface area (Å²) in [5.41, 5.74) is 9.98. The molecule has 1 aliphatic heterocycles. The van der Waals surface area contributed by atoms with Crippen molar-refractivity contribution in [3.05, 3.63) is 172 Å².